The summed E-state index contributed by atoms with van der Waals surface area (Å²) >= 11 is 0. The minimum Gasteiger partial charge on any atom is -0.494 e. The first-order valence-electron chi connectivity index (χ1n) is 5.73. The van der Waals surface area contributed by atoms with Crippen LogP contribution < -0.4 is 10.5 Å². The monoisotopic (exact) mass is 274 g/mol. The number of methoxy groups -OCH3 is 1. The molecule has 0 saturated carbocycles. The van der Waals surface area contributed by atoms with Gasteiger partial charge in [0.25, 0.3) is 6.43 Å². The SMILES string of the molecule is CCOC(=O)Cc1cc(C(F)F)nc(CN)c1OC. The Morgan fingerprint density at radius 2 is 2.21 bits per heavy atom. The van der Waals surface area contributed by atoms with E-state index < -0.39 is 18.1 Å². The van der Waals surface area contributed by atoms with Gasteiger partial charge in [0.2, 0.25) is 0 Å². The minimum atomic E-state index is -2.74. The highest BCUT2D eigenvalue weighted by Crippen LogP contribution is 2.28. The third-order valence-electron chi connectivity index (χ3n) is 2.40. The van der Waals surface area contributed by atoms with E-state index >= 15 is 0 Å². The summed E-state index contributed by atoms with van der Waals surface area (Å²) in [6, 6.07) is 1.14. The number of carbonyl (C=O) groups excluding carboxylic acids is 1. The molecule has 0 unspecified atom stereocenters. The van der Waals surface area contributed by atoms with E-state index in [1.165, 1.54) is 7.11 Å². The highest BCUT2D eigenvalue weighted by molar-refractivity contribution is 5.73. The van der Waals surface area contributed by atoms with Gasteiger partial charge in [0.1, 0.15) is 11.4 Å². The molecule has 0 aromatic carbocycles. The Kier molecular flexibility index (Phi) is 5.62. The number of nitrogens with zero attached hydrogens (tertiary/aromatic N) is 1. The van der Waals surface area contributed by atoms with Crippen LogP contribution in [0.25, 0.3) is 0 Å². The van der Waals surface area contributed by atoms with Gasteiger partial charge in [-0.2, -0.15) is 0 Å². The topological polar surface area (TPSA) is 74.4 Å². The van der Waals surface area contributed by atoms with Crippen LogP contribution in [0.4, 0.5) is 8.78 Å². The average molecular weight is 274 g/mol. The number of aromatic nitrogens is 1. The smallest absolute Gasteiger partial charge is 0.310 e. The molecule has 0 fully saturated rings. The van der Waals surface area contributed by atoms with Crippen molar-refractivity contribution < 1.29 is 23.0 Å². The fraction of sp³-hybridized carbons (Fsp3) is 0.500. The van der Waals surface area contributed by atoms with Gasteiger partial charge in [0.05, 0.1) is 25.8 Å². The Morgan fingerprint density at radius 1 is 1.53 bits per heavy atom. The van der Waals surface area contributed by atoms with E-state index in [1.54, 1.807) is 6.92 Å². The maximum Gasteiger partial charge on any atom is 0.310 e. The summed E-state index contributed by atoms with van der Waals surface area (Å²) in [7, 11) is 1.37. The molecule has 0 spiro atoms. The second-order valence-corrected chi connectivity index (χ2v) is 3.67. The van der Waals surface area contributed by atoms with Crippen LogP contribution in [0.2, 0.25) is 0 Å². The number of halogens is 2. The number of nitrogens with two attached hydrogens (primary N) is 1. The first-order chi connectivity index (χ1) is 9.03. The van der Waals surface area contributed by atoms with Gasteiger partial charge < -0.3 is 15.2 Å². The molecule has 0 radical (unpaired) electrons. The maximum absolute atomic E-state index is 12.7. The molecule has 0 aliphatic carbocycles. The largest absolute Gasteiger partial charge is 0.494 e. The van der Waals surface area contributed by atoms with Crippen molar-refractivity contribution in [2.24, 2.45) is 5.73 Å². The predicted molar refractivity (Wildman–Crippen MR) is 64.0 cm³/mol. The van der Waals surface area contributed by atoms with E-state index in [1.807, 2.05) is 0 Å². The average Bonchev–Trinajstić information content (AvgIpc) is 2.37. The normalized spacial score (nSPS) is 10.6. The van der Waals surface area contributed by atoms with Gasteiger partial charge >= 0.3 is 5.97 Å². The third kappa shape index (κ3) is 3.85. The van der Waals surface area contributed by atoms with Crippen LogP contribution in [0.1, 0.15) is 30.3 Å². The van der Waals surface area contributed by atoms with E-state index in [-0.39, 0.29) is 31.0 Å². The first-order valence-corrected chi connectivity index (χ1v) is 5.73. The Bertz CT molecular complexity index is 453. The van der Waals surface area contributed by atoms with E-state index in [0.717, 1.165) is 6.07 Å². The molecule has 0 saturated heterocycles. The van der Waals surface area contributed by atoms with Crippen LogP contribution in [-0.2, 0) is 22.5 Å². The number of ether oxygens (including phenoxy) is 2. The molecule has 1 aromatic rings. The van der Waals surface area contributed by atoms with Crippen molar-refractivity contribution in [3.8, 4) is 5.75 Å². The zero-order chi connectivity index (χ0) is 14.4. The van der Waals surface area contributed by atoms with Gasteiger partial charge in [-0.3, -0.25) is 4.79 Å². The number of carbonyl (C=O) groups is 1. The van der Waals surface area contributed by atoms with Crippen molar-refractivity contribution in [1.82, 2.24) is 4.98 Å². The molecule has 19 heavy (non-hydrogen) atoms. The third-order valence-corrected chi connectivity index (χ3v) is 2.40. The zero-order valence-corrected chi connectivity index (χ0v) is 10.8. The van der Waals surface area contributed by atoms with E-state index in [2.05, 4.69) is 4.98 Å². The number of hydrogen-bond donors (Lipinski definition) is 1. The lowest BCUT2D eigenvalue weighted by Gasteiger charge is -2.13. The standard InChI is InChI=1S/C12H16F2N2O3/c1-3-19-10(17)5-7-4-8(12(13)14)16-9(6-15)11(7)18-2/h4,12H,3,5-6,15H2,1-2H3. The van der Waals surface area contributed by atoms with Gasteiger partial charge in [0, 0.05) is 12.1 Å². The zero-order valence-electron chi connectivity index (χ0n) is 10.8. The van der Waals surface area contributed by atoms with Gasteiger partial charge in [-0.15, -0.1) is 0 Å². The molecular weight excluding hydrogens is 258 g/mol. The Hall–Kier alpha value is -1.76. The van der Waals surface area contributed by atoms with Crippen LogP contribution in [0.3, 0.4) is 0 Å². The molecule has 106 valence electrons. The highest BCUT2D eigenvalue weighted by Gasteiger charge is 2.19. The summed E-state index contributed by atoms with van der Waals surface area (Å²) in [6.45, 7) is 1.83. The van der Waals surface area contributed by atoms with Crippen molar-refractivity contribution in [2.45, 2.75) is 26.3 Å². The molecule has 1 rings (SSSR count). The van der Waals surface area contributed by atoms with Gasteiger partial charge in [-0.1, -0.05) is 0 Å². The summed E-state index contributed by atoms with van der Waals surface area (Å²) in [5.41, 5.74) is 5.51. The molecule has 7 heteroatoms. The lowest BCUT2D eigenvalue weighted by molar-refractivity contribution is -0.142. The number of esters is 1. The molecular formula is C12H16F2N2O3. The van der Waals surface area contributed by atoms with Gasteiger partial charge in [-0.25, -0.2) is 13.8 Å². The number of rotatable bonds is 6. The second kappa shape index (κ2) is 6.98. The predicted octanol–water partition coefficient (Wildman–Crippen LogP) is 1.59. The van der Waals surface area contributed by atoms with Crippen LogP contribution in [-0.4, -0.2) is 24.7 Å². The van der Waals surface area contributed by atoms with Crippen molar-refractivity contribution in [3.63, 3.8) is 0 Å². The fourth-order valence-corrected chi connectivity index (χ4v) is 1.67. The van der Waals surface area contributed by atoms with Crippen molar-refractivity contribution in [1.29, 1.82) is 0 Å². The lowest BCUT2D eigenvalue weighted by Crippen LogP contribution is -2.13. The molecule has 1 heterocycles. The van der Waals surface area contributed by atoms with Crippen molar-refractivity contribution >= 4 is 5.97 Å². The maximum atomic E-state index is 12.7. The van der Waals surface area contributed by atoms with Crippen LogP contribution in [0.5, 0.6) is 5.75 Å². The molecule has 5 nitrogen and oxygen atoms in total. The molecule has 1 aromatic heterocycles. The highest BCUT2D eigenvalue weighted by atomic mass is 19.3. The number of alkyl halides is 2. The Balaban J connectivity index is 3.18. The number of hydrogen-bond acceptors (Lipinski definition) is 5. The molecule has 2 N–H and O–H groups in total. The van der Waals surface area contributed by atoms with E-state index in [4.69, 9.17) is 15.2 Å². The summed E-state index contributed by atoms with van der Waals surface area (Å²) in [5, 5.41) is 0. The minimum absolute atomic E-state index is 0.0560. The van der Waals surface area contributed by atoms with Crippen LogP contribution >= 0.6 is 0 Å². The summed E-state index contributed by atoms with van der Waals surface area (Å²) in [6.07, 6.45) is -2.90. The Morgan fingerprint density at radius 3 is 2.68 bits per heavy atom. The number of pyridine rings is 1. The lowest BCUT2D eigenvalue weighted by atomic mass is 10.1. The molecule has 0 amide bonds. The fourth-order valence-electron chi connectivity index (χ4n) is 1.67. The van der Waals surface area contributed by atoms with E-state index in [9.17, 15) is 13.6 Å². The quantitative estimate of drug-likeness (QED) is 0.797. The van der Waals surface area contributed by atoms with Gasteiger partial charge in [0.15, 0.2) is 0 Å². The molecule has 0 bridgehead atoms. The summed E-state index contributed by atoms with van der Waals surface area (Å²) in [5.74, 6) is -0.268. The second-order valence-electron chi connectivity index (χ2n) is 3.67. The molecule has 0 atom stereocenters. The molecule has 0 aliphatic rings. The van der Waals surface area contributed by atoms with Gasteiger partial charge in [-0.05, 0) is 13.0 Å². The molecule has 0 aliphatic heterocycles. The summed E-state index contributed by atoms with van der Waals surface area (Å²) in [4.78, 5) is 15.2. The summed E-state index contributed by atoms with van der Waals surface area (Å²) < 4.78 is 35.3. The first kappa shape index (κ1) is 15.3. The van der Waals surface area contributed by atoms with Crippen molar-refractivity contribution in [2.75, 3.05) is 13.7 Å². The van der Waals surface area contributed by atoms with Crippen molar-refractivity contribution in [3.05, 3.63) is 23.0 Å². The Labute approximate surface area is 109 Å². The van der Waals surface area contributed by atoms with Crippen LogP contribution in [0, 0.1) is 0 Å². The van der Waals surface area contributed by atoms with Crippen LogP contribution in [0.15, 0.2) is 6.07 Å². The van der Waals surface area contributed by atoms with E-state index in [0.29, 0.717) is 5.56 Å².